The van der Waals surface area contributed by atoms with E-state index in [1.807, 2.05) is 0 Å². The van der Waals surface area contributed by atoms with Crippen molar-refractivity contribution in [3.05, 3.63) is 48.4 Å². The molecule has 1 heterocycles. The molecule has 0 spiro atoms. The molecule has 1 N–H and O–H groups in total. The summed E-state index contributed by atoms with van der Waals surface area (Å²) in [5.41, 5.74) is 0.702. The Kier molecular flexibility index (Phi) is 4.16. The lowest BCUT2D eigenvalue weighted by molar-refractivity contribution is 0.102. The van der Waals surface area contributed by atoms with Gasteiger partial charge in [-0.3, -0.25) is 4.79 Å². The van der Waals surface area contributed by atoms with Crippen LogP contribution in [-0.2, 0) is 0 Å². The van der Waals surface area contributed by atoms with E-state index in [2.05, 4.69) is 43.8 Å². The van der Waals surface area contributed by atoms with E-state index in [9.17, 15) is 9.18 Å². The molecule has 0 bridgehead atoms. The van der Waals surface area contributed by atoms with E-state index in [4.69, 9.17) is 0 Å². The van der Waals surface area contributed by atoms with E-state index in [0.717, 1.165) is 2.88 Å². The zero-order valence-electron chi connectivity index (χ0n) is 8.34. The van der Waals surface area contributed by atoms with Crippen molar-refractivity contribution in [1.82, 2.24) is 0 Å². The predicted octanol–water partition coefficient (Wildman–Crippen LogP) is 4.51. The number of benzene rings is 1. The Hall–Kier alpha value is -0.470. The fourth-order valence-corrected chi connectivity index (χ4v) is 3.00. The third-order valence-corrected chi connectivity index (χ3v) is 4.48. The fourth-order valence-electron chi connectivity index (χ4n) is 1.23. The van der Waals surface area contributed by atoms with Crippen molar-refractivity contribution >= 4 is 61.5 Å². The second kappa shape index (κ2) is 5.45. The summed E-state index contributed by atoms with van der Waals surface area (Å²) in [5, 5.41) is 4.29. The van der Waals surface area contributed by atoms with Crippen LogP contribution in [0, 0.1) is 8.70 Å². The number of amides is 1. The van der Waals surface area contributed by atoms with Gasteiger partial charge in [0.2, 0.25) is 0 Å². The van der Waals surface area contributed by atoms with Crippen LogP contribution in [0.4, 0.5) is 10.1 Å². The SMILES string of the molecule is O=C(Nc1c(F)cccc1Br)c1csc(I)c1. The number of rotatable bonds is 2. The first kappa shape index (κ1) is 13.0. The number of thiophene rings is 1. The zero-order valence-corrected chi connectivity index (χ0v) is 12.9. The van der Waals surface area contributed by atoms with Gasteiger partial charge in [-0.05, 0) is 56.7 Å². The molecule has 0 fully saturated rings. The molecule has 0 saturated heterocycles. The molecule has 2 rings (SSSR count). The molecule has 17 heavy (non-hydrogen) atoms. The van der Waals surface area contributed by atoms with Gasteiger partial charge in [0.05, 0.1) is 14.1 Å². The molecule has 1 aromatic heterocycles. The second-order valence-electron chi connectivity index (χ2n) is 3.19. The molecule has 88 valence electrons. The van der Waals surface area contributed by atoms with Crippen LogP contribution in [0.15, 0.2) is 34.1 Å². The van der Waals surface area contributed by atoms with Crippen molar-refractivity contribution in [2.24, 2.45) is 0 Å². The van der Waals surface area contributed by atoms with Gasteiger partial charge < -0.3 is 5.32 Å². The Balaban J connectivity index is 2.24. The summed E-state index contributed by atoms with van der Waals surface area (Å²) in [7, 11) is 0. The van der Waals surface area contributed by atoms with Crippen molar-refractivity contribution in [1.29, 1.82) is 0 Å². The number of carbonyl (C=O) groups excluding carboxylic acids is 1. The molecular formula is C11H6BrFINOS. The van der Waals surface area contributed by atoms with Crippen LogP contribution in [0.3, 0.4) is 0 Å². The molecule has 1 aromatic carbocycles. The van der Waals surface area contributed by atoms with Crippen LogP contribution in [0.25, 0.3) is 0 Å². The number of para-hydroxylation sites is 1. The van der Waals surface area contributed by atoms with Gasteiger partial charge in [0.25, 0.3) is 5.91 Å². The van der Waals surface area contributed by atoms with Crippen LogP contribution in [0.1, 0.15) is 10.4 Å². The molecule has 0 saturated carbocycles. The first-order chi connectivity index (χ1) is 8.08. The molecule has 0 aliphatic heterocycles. The van der Waals surface area contributed by atoms with Crippen molar-refractivity contribution in [2.75, 3.05) is 5.32 Å². The van der Waals surface area contributed by atoms with Crippen LogP contribution in [-0.4, -0.2) is 5.91 Å². The number of hydrogen-bond acceptors (Lipinski definition) is 2. The molecule has 0 atom stereocenters. The van der Waals surface area contributed by atoms with Gasteiger partial charge in [-0.1, -0.05) is 6.07 Å². The molecule has 0 unspecified atom stereocenters. The third-order valence-electron chi connectivity index (χ3n) is 2.03. The maximum atomic E-state index is 13.5. The molecule has 6 heteroatoms. The summed E-state index contributed by atoms with van der Waals surface area (Å²) in [4.78, 5) is 11.8. The van der Waals surface area contributed by atoms with Gasteiger partial charge in [-0.15, -0.1) is 11.3 Å². The lowest BCUT2D eigenvalue weighted by Gasteiger charge is -2.07. The van der Waals surface area contributed by atoms with Gasteiger partial charge in [-0.2, -0.15) is 0 Å². The smallest absolute Gasteiger partial charge is 0.256 e. The summed E-state index contributed by atoms with van der Waals surface area (Å²) in [5.74, 6) is -0.771. The maximum Gasteiger partial charge on any atom is 0.256 e. The summed E-state index contributed by atoms with van der Waals surface area (Å²) in [6, 6.07) is 6.31. The number of carbonyl (C=O) groups is 1. The molecule has 2 nitrogen and oxygen atoms in total. The zero-order chi connectivity index (χ0) is 12.4. The Labute approximate surface area is 124 Å². The second-order valence-corrected chi connectivity index (χ2v) is 6.85. The van der Waals surface area contributed by atoms with E-state index in [0.29, 0.717) is 10.0 Å². The Morgan fingerprint density at radius 3 is 2.82 bits per heavy atom. The molecule has 0 aliphatic carbocycles. The first-order valence-electron chi connectivity index (χ1n) is 4.57. The van der Waals surface area contributed by atoms with Crippen LogP contribution in [0.2, 0.25) is 0 Å². The van der Waals surface area contributed by atoms with Crippen LogP contribution in [0.5, 0.6) is 0 Å². The number of anilines is 1. The van der Waals surface area contributed by atoms with Gasteiger partial charge in [0, 0.05) is 9.85 Å². The summed E-state index contributed by atoms with van der Waals surface area (Å²) in [6.45, 7) is 0. The predicted molar refractivity (Wildman–Crippen MR) is 79.1 cm³/mol. The standard InChI is InChI=1S/C11H6BrFINOS/c12-7-2-1-3-8(13)10(7)15-11(16)6-4-9(14)17-5-6/h1-5H,(H,15,16). The van der Waals surface area contributed by atoms with Gasteiger partial charge in [-0.25, -0.2) is 4.39 Å². The third kappa shape index (κ3) is 3.05. The topological polar surface area (TPSA) is 29.1 Å². The van der Waals surface area contributed by atoms with Crippen molar-refractivity contribution in [3.8, 4) is 0 Å². The van der Waals surface area contributed by atoms with E-state index >= 15 is 0 Å². The minimum atomic E-state index is -0.461. The molecule has 1 amide bonds. The average Bonchev–Trinajstić information content (AvgIpc) is 2.70. The maximum absolute atomic E-state index is 13.5. The summed E-state index contributed by atoms with van der Waals surface area (Å²) in [6.07, 6.45) is 0. The van der Waals surface area contributed by atoms with E-state index in [1.165, 1.54) is 17.4 Å². The lowest BCUT2D eigenvalue weighted by atomic mass is 10.2. The van der Waals surface area contributed by atoms with Crippen molar-refractivity contribution < 1.29 is 9.18 Å². The van der Waals surface area contributed by atoms with Gasteiger partial charge in [0.1, 0.15) is 5.82 Å². The number of nitrogens with one attached hydrogen (secondary N) is 1. The Bertz CT molecular complexity index is 552. The lowest BCUT2D eigenvalue weighted by Crippen LogP contribution is -2.12. The molecule has 0 aliphatic rings. The highest BCUT2D eigenvalue weighted by atomic mass is 127. The van der Waals surface area contributed by atoms with E-state index in [-0.39, 0.29) is 11.6 Å². The van der Waals surface area contributed by atoms with Crippen molar-refractivity contribution in [3.63, 3.8) is 0 Å². The number of halogens is 3. The normalized spacial score (nSPS) is 10.3. The largest absolute Gasteiger partial charge is 0.318 e. The van der Waals surface area contributed by atoms with Crippen LogP contribution < -0.4 is 5.32 Å². The van der Waals surface area contributed by atoms with E-state index in [1.54, 1.807) is 23.6 Å². The summed E-state index contributed by atoms with van der Waals surface area (Å²) >= 11 is 6.81. The average molecular weight is 426 g/mol. The van der Waals surface area contributed by atoms with Crippen LogP contribution >= 0.6 is 49.9 Å². The minimum Gasteiger partial charge on any atom is -0.318 e. The Morgan fingerprint density at radius 1 is 1.47 bits per heavy atom. The van der Waals surface area contributed by atoms with Gasteiger partial charge >= 0.3 is 0 Å². The highest BCUT2D eigenvalue weighted by Gasteiger charge is 2.13. The quantitative estimate of drug-likeness (QED) is 0.705. The first-order valence-corrected chi connectivity index (χ1v) is 7.32. The minimum absolute atomic E-state index is 0.165. The summed E-state index contributed by atoms with van der Waals surface area (Å²) < 4.78 is 15.0. The number of hydrogen-bond donors (Lipinski definition) is 1. The highest BCUT2D eigenvalue weighted by Crippen LogP contribution is 2.26. The highest BCUT2D eigenvalue weighted by molar-refractivity contribution is 14.1. The van der Waals surface area contributed by atoms with Crippen molar-refractivity contribution in [2.45, 2.75) is 0 Å². The molecule has 2 aromatic rings. The van der Waals surface area contributed by atoms with E-state index < -0.39 is 5.82 Å². The molecular weight excluding hydrogens is 420 g/mol. The van der Waals surface area contributed by atoms with Gasteiger partial charge in [0.15, 0.2) is 0 Å². The monoisotopic (exact) mass is 425 g/mol. The Morgan fingerprint density at radius 2 is 2.24 bits per heavy atom. The fraction of sp³-hybridized carbons (Fsp3) is 0. The molecule has 0 radical (unpaired) electrons.